The predicted octanol–water partition coefficient (Wildman–Crippen LogP) is 11.5. The van der Waals surface area contributed by atoms with Crippen LogP contribution in [0.3, 0.4) is 0 Å². The highest BCUT2D eigenvalue weighted by Crippen LogP contribution is 2.42. The predicted molar refractivity (Wildman–Crippen MR) is 241 cm³/mol. The number of nitrogens with one attached hydrogen (secondary N) is 2. The van der Waals surface area contributed by atoms with Crippen LogP contribution >= 0.6 is 0 Å². The molecule has 0 unspecified atom stereocenters. The van der Waals surface area contributed by atoms with E-state index in [1.165, 1.54) is 11.1 Å². The van der Waals surface area contributed by atoms with E-state index < -0.39 is 6.29 Å². The molecule has 8 rings (SSSR count). The maximum absolute atomic E-state index is 13.0. The number of benzene rings is 7. The summed E-state index contributed by atoms with van der Waals surface area (Å²) in [6.45, 7) is 4.81. The lowest BCUT2D eigenvalue weighted by Gasteiger charge is -2.43. The number of rotatable bonds is 15. The molecule has 8 nitrogen and oxygen atoms in total. The van der Waals surface area contributed by atoms with E-state index >= 15 is 0 Å². The molecule has 7 aromatic carbocycles. The van der Waals surface area contributed by atoms with Gasteiger partial charge in [-0.05, 0) is 75.3 Å². The summed E-state index contributed by atoms with van der Waals surface area (Å²) < 4.78 is 19.7. The quantitative estimate of drug-likeness (QED) is 0.0955. The smallest absolute Gasteiger partial charge is 0.319 e. The van der Waals surface area contributed by atoms with E-state index in [-0.39, 0.29) is 30.8 Å². The number of nitrogens with zero attached hydrogens (tertiary/aromatic N) is 1. The average molecular weight is 810 g/mol. The molecule has 0 aliphatic carbocycles. The van der Waals surface area contributed by atoms with Crippen LogP contribution in [0.15, 0.2) is 188 Å². The number of anilines is 1. The van der Waals surface area contributed by atoms with Crippen LogP contribution in [0.25, 0.3) is 11.1 Å². The second kappa shape index (κ2) is 20.1. The Morgan fingerprint density at radius 1 is 0.623 bits per heavy atom. The number of ether oxygens (including phenoxy) is 3. The first-order valence-corrected chi connectivity index (χ1v) is 20.8. The summed E-state index contributed by atoms with van der Waals surface area (Å²) in [5.41, 5.74) is 9.02. The van der Waals surface area contributed by atoms with Crippen molar-refractivity contribution in [3.05, 3.63) is 221 Å². The fourth-order valence-corrected chi connectivity index (χ4v) is 7.81. The largest absolute Gasteiger partial charge is 0.457 e. The van der Waals surface area contributed by atoms with Gasteiger partial charge in [-0.15, -0.1) is 0 Å². The van der Waals surface area contributed by atoms with Crippen molar-refractivity contribution in [2.24, 2.45) is 5.92 Å². The summed E-state index contributed by atoms with van der Waals surface area (Å²) >= 11 is 0. The topological polar surface area (TPSA) is 92.3 Å². The van der Waals surface area contributed by atoms with E-state index in [4.69, 9.17) is 14.2 Å². The molecule has 0 saturated carbocycles. The molecule has 61 heavy (non-hydrogen) atoms. The second-order valence-electron chi connectivity index (χ2n) is 15.5. The Hall–Kier alpha value is -6.55. The van der Waals surface area contributed by atoms with Gasteiger partial charge in [-0.2, -0.15) is 0 Å². The molecule has 0 radical (unpaired) electrons. The number of hydrogen-bond acceptors (Lipinski definition) is 6. The molecular weight excluding hydrogens is 759 g/mol. The number of aliphatic hydroxyl groups is 1. The van der Waals surface area contributed by atoms with Crippen molar-refractivity contribution in [3.8, 4) is 22.6 Å². The van der Waals surface area contributed by atoms with E-state index in [1.807, 2.05) is 84.9 Å². The van der Waals surface area contributed by atoms with Crippen molar-refractivity contribution in [2.45, 2.75) is 51.7 Å². The van der Waals surface area contributed by atoms with Crippen molar-refractivity contribution in [3.63, 3.8) is 0 Å². The van der Waals surface area contributed by atoms with Crippen molar-refractivity contribution in [1.29, 1.82) is 0 Å². The van der Waals surface area contributed by atoms with Gasteiger partial charge >= 0.3 is 6.03 Å². The van der Waals surface area contributed by atoms with E-state index in [9.17, 15) is 9.90 Å². The van der Waals surface area contributed by atoms with Crippen LogP contribution in [0.5, 0.6) is 11.5 Å². The standard InChI is InChI=1S/C53H51N3O5/c1-38-50(36-56(34-39-13-5-2-6-14-39)35-40-15-7-3-8-16-40)60-52(61-51(38)43-23-21-41(37-57)22-24-43)44-27-25-42(26-28-44)49-20-12-11-17-45(49)33-54-53(58)55-46-29-31-48(32-30-46)59-47-18-9-4-10-19-47/h2-32,38,50-52,57H,33-37H2,1H3,(H2,54,55,58)/t38-,50+,51+,52+/m1/s1. The van der Waals surface area contributed by atoms with Crippen molar-refractivity contribution < 1.29 is 24.1 Å². The first-order chi connectivity index (χ1) is 30.0. The molecular formula is C53H51N3O5. The summed E-state index contributed by atoms with van der Waals surface area (Å²) in [4.78, 5) is 15.5. The first kappa shape index (κ1) is 41.2. The van der Waals surface area contributed by atoms with Crippen LogP contribution < -0.4 is 15.4 Å². The van der Waals surface area contributed by atoms with E-state index in [0.717, 1.165) is 52.2 Å². The zero-order chi connectivity index (χ0) is 41.8. The Morgan fingerprint density at radius 3 is 1.84 bits per heavy atom. The Labute approximate surface area is 358 Å². The number of urea groups is 1. The summed E-state index contributed by atoms with van der Waals surface area (Å²) in [5.74, 6) is 1.47. The van der Waals surface area contributed by atoms with Crippen molar-refractivity contribution >= 4 is 11.7 Å². The molecule has 308 valence electrons. The molecule has 3 N–H and O–H groups in total. The number of hydrogen-bond donors (Lipinski definition) is 3. The van der Waals surface area contributed by atoms with Crippen LogP contribution in [0.1, 0.15) is 52.7 Å². The zero-order valence-corrected chi connectivity index (χ0v) is 34.3. The third-order valence-electron chi connectivity index (χ3n) is 11.1. The highest BCUT2D eigenvalue weighted by atomic mass is 16.7. The SMILES string of the molecule is C[C@@H]1[C@H](CN(Cc2ccccc2)Cc2ccccc2)O[C@H](c2ccc(-c3ccccc3CNC(=O)Nc3ccc(Oc4ccccc4)cc3)cc2)O[C@@H]1c1ccc(CO)cc1. The molecule has 1 fully saturated rings. The van der Waals surface area contributed by atoms with Crippen LogP contribution in [-0.2, 0) is 35.7 Å². The summed E-state index contributed by atoms with van der Waals surface area (Å²) in [6.07, 6.45) is -0.982. The monoisotopic (exact) mass is 809 g/mol. The summed E-state index contributed by atoms with van der Waals surface area (Å²) in [5, 5.41) is 15.7. The van der Waals surface area contributed by atoms with Gasteiger partial charge in [0.15, 0.2) is 6.29 Å². The van der Waals surface area contributed by atoms with Gasteiger partial charge in [-0.3, -0.25) is 4.90 Å². The van der Waals surface area contributed by atoms with Gasteiger partial charge in [0.25, 0.3) is 0 Å². The minimum absolute atomic E-state index is 0.0110. The lowest BCUT2D eigenvalue weighted by Crippen LogP contribution is -2.44. The van der Waals surface area contributed by atoms with Gasteiger partial charge < -0.3 is 30.0 Å². The highest BCUT2D eigenvalue weighted by Gasteiger charge is 2.39. The van der Waals surface area contributed by atoms with E-state index in [2.05, 4.69) is 126 Å². The molecule has 0 aromatic heterocycles. The Morgan fingerprint density at radius 2 is 1.20 bits per heavy atom. The Kier molecular flexibility index (Phi) is 13.6. The molecule has 8 heteroatoms. The van der Waals surface area contributed by atoms with Crippen LogP contribution in [0.2, 0.25) is 0 Å². The van der Waals surface area contributed by atoms with E-state index in [1.54, 1.807) is 0 Å². The molecule has 0 bridgehead atoms. The average Bonchev–Trinajstić information content (AvgIpc) is 3.31. The second-order valence-corrected chi connectivity index (χ2v) is 15.5. The molecule has 1 saturated heterocycles. The fourth-order valence-electron chi connectivity index (χ4n) is 7.81. The third-order valence-corrected chi connectivity index (χ3v) is 11.1. The van der Waals surface area contributed by atoms with Gasteiger partial charge in [0.05, 0.1) is 18.8 Å². The van der Waals surface area contributed by atoms with Gasteiger partial charge in [-0.25, -0.2) is 4.79 Å². The van der Waals surface area contributed by atoms with E-state index in [0.29, 0.717) is 24.5 Å². The minimum Gasteiger partial charge on any atom is -0.457 e. The van der Waals surface area contributed by atoms with Gasteiger partial charge in [0, 0.05) is 43.3 Å². The number of amides is 2. The summed E-state index contributed by atoms with van der Waals surface area (Å²) in [6, 6.07) is 62.2. The summed E-state index contributed by atoms with van der Waals surface area (Å²) in [7, 11) is 0. The normalized spacial score (nSPS) is 17.4. The van der Waals surface area contributed by atoms with Gasteiger partial charge in [0.2, 0.25) is 0 Å². The number of carbonyl (C=O) groups is 1. The molecule has 0 spiro atoms. The Balaban J connectivity index is 0.969. The highest BCUT2D eigenvalue weighted by molar-refractivity contribution is 5.89. The Bertz CT molecular complexity index is 2390. The van der Waals surface area contributed by atoms with Crippen LogP contribution in [-0.4, -0.2) is 28.7 Å². The molecule has 1 aliphatic heterocycles. The number of aliphatic hydroxyl groups excluding tert-OH is 1. The minimum atomic E-state index is -0.604. The van der Waals surface area contributed by atoms with Gasteiger partial charge in [0.1, 0.15) is 11.5 Å². The van der Waals surface area contributed by atoms with Gasteiger partial charge in [-0.1, -0.05) is 159 Å². The molecule has 1 aliphatic rings. The lowest BCUT2D eigenvalue weighted by molar-refractivity contribution is -0.276. The van der Waals surface area contributed by atoms with Crippen molar-refractivity contribution in [2.75, 3.05) is 11.9 Å². The zero-order valence-electron chi connectivity index (χ0n) is 34.3. The van der Waals surface area contributed by atoms with Crippen LogP contribution in [0.4, 0.5) is 10.5 Å². The number of carbonyl (C=O) groups excluding carboxylic acids is 1. The maximum atomic E-state index is 13.0. The molecule has 7 aromatic rings. The number of para-hydroxylation sites is 1. The van der Waals surface area contributed by atoms with Crippen LogP contribution in [0, 0.1) is 5.92 Å². The lowest BCUT2D eigenvalue weighted by atomic mass is 9.89. The third kappa shape index (κ3) is 11.0. The molecule has 1 heterocycles. The molecule has 4 atom stereocenters. The van der Waals surface area contributed by atoms with Crippen molar-refractivity contribution in [1.82, 2.24) is 10.2 Å². The first-order valence-electron chi connectivity index (χ1n) is 20.8. The molecule has 2 amide bonds. The maximum Gasteiger partial charge on any atom is 0.319 e. The fraction of sp³-hybridized carbons (Fsp3) is 0.189.